The number of hydrogen-bond acceptors (Lipinski definition) is 6. The number of morpholine rings is 1. The van der Waals surface area contributed by atoms with Crippen LogP contribution in [0.15, 0.2) is 0 Å². The van der Waals surface area contributed by atoms with Crippen LogP contribution in [-0.2, 0) is 19.1 Å². The van der Waals surface area contributed by atoms with Gasteiger partial charge in [0.15, 0.2) is 0 Å². The van der Waals surface area contributed by atoms with Gasteiger partial charge in [-0.1, -0.05) is 12.8 Å². The van der Waals surface area contributed by atoms with Crippen molar-refractivity contribution in [2.45, 2.75) is 31.2 Å². The predicted molar refractivity (Wildman–Crippen MR) is 102 cm³/mol. The highest BCUT2D eigenvalue weighted by molar-refractivity contribution is 6.09. The van der Waals surface area contributed by atoms with Gasteiger partial charge in [-0.05, 0) is 12.8 Å². The van der Waals surface area contributed by atoms with Gasteiger partial charge in [-0.15, -0.1) is 0 Å². The Morgan fingerprint density at radius 3 is 2.10 bits per heavy atom. The fourth-order valence-electron chi connectivity index (χ4n) is 4.63. The molecule has 0 aromatic carbocycles. The molecule has 4 rings (SSSR count). The van der Waals surface area contributed by atoms with Crippen LogP contribution in [0.1, 0.15) is 25.7 Å². The first kappa shape index (κ1) is 20.1. The Morgan fingerprint density at radius 1 is 0.862 bits per heavy atom. The van der Waals surface area contributed by atoms with Crippen molar-refractivity contribution in [2.24, 2.45) is 0 Å². The smallest absolute Gasteiger partial charge is 0.325 e. The molecule has 10 nitrogen and oxygen atoms in total. The maximum absolute atomic E-state index is 12.7. The summed E-state index contributed by atoms with van der Waals surface area (Å²) in [6.07, 6.45) is 3.13. The van der Waals surface area contributed by atoms with Crippen molar-refractivity contribution >= 4 is 23.8 Å². The Hall–Kier alpha value is -2.20. The van der Waals surface area contributed by atoms with Gasteiger partial charge < -0.3 is 19.9 Å². The van der Waals surface area contributed by atoms with E-state index in [1.807, 2.05) is 9.80 Å². The van der Waals surface area contributed by atoms with Gasteiger partial charge in [0.2, 0.25) is 11.8 Å². The van der Waals surface area contributed by atoms with Gasteiger partial charge in [0.05, 0.1) is 19.8 Å². The quantitative estimate of drug-likeness (QED) is 0.591. The lowest BCUT2D eigenvalue weighted by molar-refractivity contribution is -0.141. The molecule has 3 saturated heterocycles. The van der Waals surface area contributed by atoms with Gasteiger partial charge in [0, 0.05) is 39.3 Å². The maximum Gasteiger partial charge on any atom is 0.325 e. The first-order valence-electron chi connectivity index (χ1n) is 10.5. The molecule has 160 valence electrons. The van der Waals surface area contributed by atoms with Crippen LogP contribution in [0.2, 0.25) is 0 Å². The summed E-state index contributed by atoms with van der Waals surface area (Å²) in [6.45, 7) is 4.74. The lowest BCUT2D eigenvalue weighted by atomic mass is 9.98. The van der Waals surface area contributed by atoms with Gasteiger partial charge in [0.25, 0.3) is 5.91 Å². The van der Waals surface area contributed by atoms with Crippen LogP contribution in [0, 0.1) is 0 Å². The molecule has 0 atom stereocenters. The number of nitrogens with one attached hydrogen (secondary N) is 1. The van der Waals surface area contributed by atoms with Crippen LogP contribution in [0.3, 0.4) is 0 Å². The Kier molecular flexibility index (Phi) is 5.73. The first-order valence-corrected chi connectivity index (χ1v) is 10.5. The van der Waals surface area contributed by atoms with E-state index in [1.165, 1.54) is 0 Å². The Labute approximate surface area is 170 Å². The number of amides is 5. The van der Waals surface area contributed by atoms with Crippen LogP contribution < -0.4 is 5.32 Å². The van der Waals surface area contributed by atoms with Crippen molar-refractivity contribution in [3.63, 3.8) is 0 Å². The molecule has 0 bridgehead atoms. The topological polar surface area (TPSA) is 102 Å². The third kappa shape index (κ3) is 4.09. The highest BCUT2D eigenvalue weighted by Crippen LogP contribution is 2.34. The Bertz CT molecular complexity index is 678. The average molecular weight is 407 g/mol. The normalized spacial score (nSPS) is 25.0. The largest absolute Gasteiger partial charge is 0.378 e. The Morgan fingerprint density at radius 2 is 1.45 bits per heavy atom. The minimum Gasteiger partial charge on any atom is -0.378 e. The van der Waals surface area contributed by atoms with E-state index in [9.17, 15) is 19.2 Å². The molecule has 3 heterocycles. The number of hydrogen-bond donors (Lipinski definition) is 1. The van der Waals surface area contributed by atoms with Crippen molar-refractivity contribution in [1.29, 1.82) is 0 Å². The van der Waals surface area contributed by atoms with Gasteiger partial charge in [-0.3, -0.25) is 24.2 Å². The SMILES string of the molecule is O=C(CN1CCN(C(=O)CN2C(=O)NC3(CCCC3)C2=O)CC1)N1CCOCC1. The Balaban J connectivity index is 1.24. The van der Waals surface area contributed by atoms with E-state index in [1.54, 1.807) is 4.90 Å². The fourth-order valence-corrected chi connectivity index (χ4v) is 4.63. The third-order valence-corrected chi connectivity index (χ3v) is 6.44. The standard InChI is InChI=1S/C19H29N5O5/c25-15(23-9-11-29-12-10-23)13-21-5-7-22(8-6-21)16(26)14-24-17(27)19(20-18(24)28)3-1-2-4-19/h1-14H2,(H,20,28). The second-order valence-electron chi connectivity index (χ2n) is 8.26. The summed E-state index contributed by atoms with van der Waals surface area (Å²) < 4.78 is 5.27. The van der Waals surface area contributed by atoms with Crippen LogP contribution in [0.5, 0.6) is 0 Å². The molecule has 1 spiro atoms. The number of urea groups is 1. The van der Waals surface area contributed by atoms with E-state index < -0.39 is 11.6 Å². The number of ether oxygens (including phenoxy) is 1. The molecule has 1 saturated carbocycles. The lowest BCUT2D eigenvalue weighted by Crippen LogP contribution is -2.54. The van der Waals surface area contributed by atoms with Gasteiger partial charge >= 0.3 is 6.03 Å². The van der Waals surface area contributed by atoms with E-state index in [-0.39, 0.29) is 24.3 Å². The molecule has 3 aliphatic heterocycles. The number of piperazine rings is 1. The van der Waals surface area contributed by atoms with Gasteiger partial charge in [-0.25, -0.2) is 4.79 Å². The number of carbonyl (C=O) groups is 4. The van der Waals surface area contributed by atoms with Crippen molar-refractivity contribution in [3.8, 4) is 0 Å². The monoisotopic (exact) mass is 407 g/mol. The zero-order valence-electron chi connectivity index (χ0n) is 16.7. The second-order valence-corrected chi connectivity index (χ2v) is 8.26. The second kappa shape index (κ2) is 8.27. The summed E-state index contributed by atoms with van der Waals surface area (Å²) >= 11 is 0. The van der Waals surface area contributed by atoms with Crippen molar-refractivity contribution < 1.29 is 23.9 Å². The summed E-state index contributed by atoms with van der Waals surface area (Å²) in [5, 5.41) is 2.80. The van der Waals surface area contributed by atoms with Crippen molar-refractivity contribution in [3.05, 3.63) is 0 Å². The summed E-state index contributed by atoms with van der Waals surface area (Å²) in [5.74, 6) is -0.389. The molecule has 29 heavy (non-hydrogen) atoms. The third-order valence-electron chi connectivity index (χ3n) is 6.44. The molecule has 0 unspecified atom stereocenters. The van der Waals surface area contributed by atoms with Crippen LogP contribution in [0.25, 0.3) is 0 Å². The summed E-state index contributed by atoms with van der Waals surface area (Å²) in [6, 6.07) is -0.458. The van der Waals surface area contributed by atoms with E-state index in [2.05, 4.69) is 5.32 Å². The minimum atomic E-state index is -0.782. The van der Waals surface area contributed by atoms with E-state index in [4.69, 9.17) is 4.74 Å². The predicted octanol–water partition coefficient (Wildman–Crippen LogP) is -1.15. The first-order chi connectivity index (χ1) is 14.0. The minimum absolute atomic E-state index is 0.0919. The molecule has 1 N–H and O–H groups in total. The molecular formula is C19H29N5O5. The molecule has 10 heteroatoms. The fraction of sp³-hybridized carbons (Fsp3) is 0.789. The van der Waals surface area contributed by atoms with Gasteiger partial charge in [-0.2, -0.15) is 0 Å². The van der Waals surface area contributed by atoms with E-state index in [0.29, 0.717) is 71.9 Å². The maximum atomic E-state index is 12.7. The van der Waals surface area contributed by atoms with Crippen LogP contribution >= 0.6 is 0 Å². The zero-order valence-corrected chi connectivity index (χ0v) is 16.7. The number of rotatable bonds is 4. The molecule has 4 fully saturated rings. The molecular weight excluding hydrogens is 378 g/mol. The van der Waals surface area contributed by atoms with Crippen LogP contribution in [0.4, 0.5) is 4.79 Å². The lowest BCUT2D eigenvalue weighted by Gasteiger charge is -2.36. The molecule has 1 aliphatic carbocycles. The summed E-state index contributed by atoms with van der Waals surface area (Å²) in [7, 11) is 0. The average Bonchev–Trinajstić information content (AvgIpc) is 3.29. The molecule has 0 aromatic heterocycles. The van der Waals surface area contributed by atoms with Crippen LogP contribution in [-0.4, -0.2) is 114 Å². The van der Waals surface area contributed by atoms with Crippen molar-refractivity contribution in [1.82, 2.24) is 24.9 Å². The zero-order chi connectivity index (χ0) is 20.4. The molecule has 0 radical (unpaired) electrons. The number of imide groups is 1. The van der Waals surface area contributed by atoms with Gasteiger partial charge in [0.1, 0.15) is 12.1 Å². The summed E-state index contributed by atoms with van der Waals surface area (Å²) in [5.41, 5.74) is -0.782. The van der Waals surface area contributed by atoms with Crippen molar-refractivity contribution in [2.75, 3.05) is 65.6 Å². The number of carbonyl (C=O) groups excluding carboxylic acids is 4. The molecule has 0 aromatic rings. The highest BCUT2D eigenvalue weighted by Gasteiger charge is 2.52. The molecule has 5 amide bonds. The highest BCUT2D eigenvalue weighted by atomic mass is 16.5. The molecule has 4 aliphatic rings. The number of nitrogens with zero attached hydrogens (tertiary/aromatic N) is 4. The summed E-state index contributed by atoms with van der Waals surface area (Å²) in [4.78, 5) is 56.6. The van der Waals surface area contributed by atoms with E-state index >= 15 is 0 Å². The van der Waals surface area contributed by atoms with E-state index in [0.717, 1.165) is 17.7 Å².